The average Bonchev–Trinajstić information content (AvgIpc) is 2.99. The number of benzene rings is 1. The van der Waals surface area contributed by atoms with Crippen molar-refractivity contribution in [2.45, 2.75) is 39.8 Å². The standard InChI is InChI=1S/C21H30N4O3/c1-16(2)12-24-10-7-11-25(13-19(24)21-22-17(3)23-28-21)20(26)15-27-14-18-8-5-4-6-9-18/h4-6,8-9,16,19H,7,10-15H2,1-3H3. The van der Waals surface area contributed by atoms with Gasteiger partial charge in [0.2, 0.25) is 11.8 Å². The van der Waals surface area contributed by atoms with E-state index in [4.69, 9.17) is 9.26 Å². The van der Waals surface area contributed by atoms with Crippen molar-refractivity contribution in [2.24, 2.45) is 5.92 Å². The lowest BCUT2D eigenvalue weighted by Gasteiger charge is -2.30. The molecule has 7 nitrogen and oxygen atoms in total. The van der Waals surface area contributed by atoms with Crippen LogP contribution in [0.5, 0.6) is 0 Å². The van der Waals surface area contributed by atoms with Crippen LogP contribution >= 0.6 is 0 Å². The maximum atomic E-state index is 12.8. The van der Waals surface area contributed by atoms with Crippen LogP contribution in [0.1, 0.15) is 43.6 Å². The van der Waals surface area contributed by atoms with E-state index in [0.717, 1.165) is 25.1 Å². The second-order valence-corrected chi connectivity index (χ2v) is 7.76. The largest absolute Gasteiger partial charge is 0.367 e. The molecule has 152 valence electrons. The van der Waals surface area contributed by atoms with Crippen molar-refractivity contribution in [3.8, 4) is 0 Å². The first kappa shape index (κ1) is 20.5. The summed E-state index contributed by atoms with van der Waals surface area (Å²) < 4.78 is 11.1. The Morgan fingerprint density at radius 3 is 2.75 bits per heavy atom. The Kier molecular flexibility index (Phi) is 7.17. The molecule has 0 radical (unpaired) electrons. The minimum atomic E-state index is -0.0795. The Morgan fingerprint density at radius 1 is 1.29 bits per heavy atom. The summed E-state index contributed by atoms with van der Waals surface area (Å²) in [7, 11) is 0. The monoisotopic (exact) mass is 386 g/mol. The first-order valence-electron chi connectivity index (χ1n) is 9.96. The molecule has 0 N–H and O–H groups in total. The molecule has 1 unspecified atom stereocenters. The van der Waals surface area contributed by atoms with Gasteiger partial charge in [0.15, 0.2) is 5.82 Å². The van der Waals surface area contributed by atoms with Gasteiger partial charge in [-0.2, -0.15) is 4.98 Å². The Hall–Kier alpha value is -2.25. The van der Waals surface area contributed by atoms with E-state index in [1.807, 2.05) is 42.2 Å². The third-order valence-corrected chi connectivity index (χ3v) is 4.83. The summed E-state index contributed by atoms with van der Waals surface area (Å²) in [6, 6.07) is 9.81. The Balaban J connectivity index is 1.63. The second kappa shape index (κ2) is 9.80. The van der Waals surface area contributed by atoms with Crippen molar-refractivity contribution in [1.29, 1.82) is 0 Å². The number of rotatable bonds is 7. The predicted molar refractivity (Wildman–Crippen MR) is 105 cm³/mol. The first-order valence-corrected chi connectivity index (χ1v) is 9.96. The number of aryl methyl sites for hydroxylation is 1. The van der Waals surface area contributed by atoms with Crippen molar-refractivity contribution < 1.29 is 14.1 Å². The smallest absolute Gasteiger partial charge is 0.248 e. The first-order chi connectivity index (χ1) is 13.5. The lowest BCUT2D eigenvalue weighted by Crippen LogP contribution is -2.40. The summed E-state index contributed by atoms with van der Waals surface area (Å²) in [5, 5.41) is 3.95. The van der Waals surface area contributed by atoms with E-state index >= 15 is 0 Å². The van der Waals surface area contributed by atoms with E-state index in [2.05, 4.69) is 28.9 Å². The summed E-state index contributed by atoms with van der Waals surface area (Å²) >= 11 is 0. The van der Waals surface area contributed by atoms with Crippen LogP contribution < -0.4 is 0 Å². The van der Waals surface area contributed by atoms with Gasteiger partial charge in [0.25, 0.3) is 0 Å². The summed E-state index contributed by atoms with van der Waals surface area (Å²) in [6.45, 7) is 9.81. The Labute approximate surface area is 166 Å². The molecule has 1 aromatic carbocycles. The molecule has 28 heavy (non-hydrogen) atoms. The van der Waals surface area contributed by atoms with Crippen LogP contribution in [-0.4, -0.2) is 58.6 Å². The topological polar surface area (TPSA) is 71.7 Å². The van der Waals surface area contributed by atoms with E-state index in [1.54, 1.807) is 0 Å². The fourth-order valence-electron chi connectivity index (χ4n) is 3.55. The van der Waals surface area contributed by atoms with Gasteiger partial charge >= 0.3 is 0 Å². The van der Waals surface area contributed by atoms with Crippen molar-refractivity contribution in [1.82, 2.24) is 19.9 Å². The predicted octanol–water partition coefficient (Wildman–Crippen LogP) is 2.83. The van der Waals surface area contributed by atoms with Crippen LogP contribution in [0.15, 0.2) is 34.9 Å². The van der Waals surface area contributed by atoms with Gasteiger partial charge in [-0.05, 0) is 24.8 Å². The van der Waals surface area contributed by atoms with Gasteiger partial charge in [-0.3, -0.25) is 9.69 Å². The zero-order valence-corrected chi connectivity index (χ0v) is 17.0. The molecule has 3 rings (SSSR count). The van der Waals surface area contributed by atoms with E-state index in [9.17, 15) is 4.79 Å². The van der Waals surface area contributed by atoms with E-state index in [-0.39, 0.29) is 18.6 Å². The van der Waals surface area contributed by atoms with Crippen LogP contribution in [0.2, 0.25) is 0 Å². The number of carbonyl (C=O) groups is 1. The quantitative estimate of drug-likeness (QED) is 0.729. The molecular formula is C21H30N4O3. The SMILES string of the molecule is Cc1noc(C2CN(C(=O)COCc3ccccc3)CCCN2CC(C)C)n1. The molecule has 1 fully saturated rings. The van der Waals surface area contributed by atoms with Crippen LogP contribution in [0.25, 0.3) is 0 Å². The van der Waals surface area contributed by atoms with Gasteiger partial charge in [-0.15, -0.1) is 0 Å². The lowest BCUT2D eigenvalue weighted by molar-refractivity contribution is -0.137. The van der Waals surface area contributed by atoms with Crippen molar-refractivity contribution in [3.05, 3.63) is 47.6 Å². The minimum Gasteiger partial charge on any atom is -0.367 e. The lowest BCUT2D eigenvalue weighted by atomic mass is 10.1. The molecule has 7 heteroatoms. The summed E-state index contributed by atoms with van der Waals surface area (Å²) in [5.74, 6) is 1.72. The Bertz CT molecular complexity index is 747. The summed E-state index contributed by atoms with van der Waals surface area (Å²) in [5.41, 5.74) is 1.06. The molecular weight excluding hydrogens is 356 g/mol. The molecule has 0 spiro atoms. The highest BCUT2D eigenvalue weighted by Gasteiger charge is 2.32. The highest BCUT2D eigenvalue weighted by molar-refractivity contribution is 5.77. The van der Waals surface area contributed by atoms with Gasteiger partial charge in [0.05, 0.1) is 6.61 Å². The number of hydrogen-bond donors (Lipinski definition) is 0. The van der Waals surface area contributed by atoms with Crippen LogP contribution in [0.4, 0.5) is 0 Å². The van der Waals surface area contributed by atoms with E-state index in [0.29, 0.717) is 37.3 Å². The van der Waals surface area contributed by atoms with Gasteiger partial charge in [0.1, 0.15) is 12.6 Å². The molecule has 0 bridgehead atoms. The van der Waals surface area contributed by atoms with Crippen molar-refractivity contribution in [2.75, 3.05) is 32.8 Å². The highest BCUT2D eigenvalue weighted by atomic mass is 16.5. The maximum Gasteiger partial charge on any atom is 0.248 e. The van der Waals surface area contributed by atoms with Crippen LogP contribution in [0, 0.1) is 12.8 Å². The third kappa shape index (κ3) is 5.62. The molecule has 0 saturated carbocycles. The van der Waals surface area contributed by atoms with Crippen molar-refractivity contribution in [3.63, 3.8) is 0 Å². The van der Waals surface area contributed by atoms with E-state index in [1.165, 1.54) is 0 Å². The molecule has 2 aromatic rings. The Morgan fingerprint density at radius 2 is 2.07 bits per heavy atom. The van der Waals surface area contributed by atoms with Crippen LogP contribution in [-0.2, 0) is 16.1 Å². The molecule has 2 heterocycles. The van der Waals surface area contributed by atoms with Gasteiger partial charge < -0.3 is 14.2 Å². The van der Waals surface area contributed by atoms with Gasteiger partial charge in [-0.25, -0.2) is 0 Å². The number of amides is 1. The average molecular weight is 386 g/mol. The fraction of sp³-hybridized carbons (Fsp3) is 0.571. The number of hydrogen-bond acceptors (Lipinski definition) is 6. The number of ether oxygens (including phenoxy) is 1. The van der Waals surface area contributed by atoms with E-state index < -0.39 is 0 Å². The van der Waals surface area contributed by atoms with Gasteiger partial charge in [0, 0.05) is 26.2 Å². The summed E-state index contributed by atoms with van der Waals surface area (Å²) in [6.07, 6.45) is 0.917. The fourth-order valence-corrected chi connectivity index (χ4v) is 3.55. The molecule has 1 aliphatic heterocycles. The summed E-state index contributed by atoms with van der Waals surface area (Å²) in [4.78, 5) is 21.4. The molecule has 1 saturated heterocycles. The van der Waals surface area contributed by atoms with Gasteiger partial charge in [-0.1, -0.05) is 49.3 Å². The highest BCUT2D eigenvalue weighted by Crippen LogP contribution is 2.25. The number of carbonyl (C=O) groups excluding carboxylic acids is 1. The number of nitrogens with zero attached hydrogens (tertiary/aromatic N) is 4. The second-order valence-electron chi connectivity index (χ2n) is 7.76. The number of aromatic nitrogens is 2. The zero-order valence-electron chi connectivity index (χ0n) is 17.0. The molecule has 1 amide bonds. The minimum absolute atomic E-state index is 0.00330. The maximum absolute atomic E-state index is 12.8. The van der Waals surface area contributed by atoms with Crippen molar-refractivity contribution >= 4 is 5.91 Å². The molecule has 1 atom stereocenters. The molecule has 1 aromatic heterocycles. The molecule has 1 aliphatic rings. The molecule has 0 aliphatic carbocycles. The van der Waals surface area contributed by atoms with Crippen LogP contribution in [0.3, 0.4) is 0 Å². The third-order valence-electron chi connectivity index (χ3n) is 4.83. The normalized spacial score (nSPS) is 18.4. The zero-order chi connectivity index (χ0) is 19.9.